The molecule has 112 valence electrons. The summed E-state index contributed by atoms with van der Waals surface area (Å²) in [6, 6.07) is -0.0733. The Morgan fingerprint density at radius 3 is 2.21 bits per heavy atom. The fourth-order valence-electron chi connectivity index (χ4n) is 1.62. The molecule has 0 spiro atoms. The maximum atomic E-state index is 11.5. The van der Waals surface area contributed by atoms with E-state index in [1.807, 2.05) is 27.9 Å². The molecule has 6 heteroatoms. The summed E-state index contributed by atoms with van der Waals surface area (Å²) in [6.45, 7) is 8.07. The zero-order valence-electron chi connectivity index (χ0n) is 12.8. The number of nitrogens with zero attached hydrogens (tertiary/aromatic N) is 2. The topological polar surface area (TPSA) is 64.7 Å². The van der Waals surface area contributed by atoms with E-state index in [-0.39, 0.29) is 18.0 Å². The predicted molar refractivity (Wildman–Crippen MR) is 77.1 cm³/mol. The molecule has 0 aliphatic rings. The van der Waals surface area contributed by atoms with Crippen molar-refractivity contribution in [2.75, 3.05) is 40.3 Å². The Bertz CT molecular complexity index is 280. The Hall–Kier alpha value is -1.30. The van der Waals surface area contributed by atoms with Crippen molar-refractivity contribution in [1.29, 1.82) is 0 Å². The van der Waals surface area contributed by atoms with Gasteiger partial charge in [0.25, 0.3) is 0 Å². The van der Waals surface area contributed by atoms with E-state index in [2.05, 4.69) is 15.5 Å². The van der Waals surface area contributed by atoms with E-state index in [0.29, 0.717) is 13.1 Å². The zero-order chi connectivity index (χ0) is 14.8. The minimum Gasteiger partial charge on any atom is -0.341 e. The molecule has 0 saturated heterocycles. The molecule has 0 bridgehead atoms. The number of urea groups is 1. The van der Waals surface area contributed by atoms with Crippen molar-refractivity contribution in [1.82, 2.24) is 20.4 Å². The van der Waals surface area contributed by atoms with Gasteiger partial charge in [0.1, 0.15) is 0 Å². The van der Waals surface area contributed by atoms with Crippen LogP contribution < -0.4 is 10.6 Å². The highest BCUT2D eigenvalue weighted by atomic mass is 16.2. The Morgan fingerprint density at radius 2 is 1.74 bits per heavy atom. The fraction of sp³-hybridized carbons (Fsp3) is 0.846. The van der Waals surface area contributed by atoms with Gasteiger partial charge in [-0.1, -0.05) is 0 Å². The average Bonchev–Trinajstić information content (AvgIpc) is 2.25. The van der Waals surface area contributed by atoms with Gasteiger partial charge in [-0.2, -0.15) is 0 Å². The van der Waals surface area contributed by atoms with Crippen LogP contribution in [0.15, 0.2) is 0 Å². The molecule has 0 saturated carbocycles. The quantitative estimate of drug-likeness (QED) is 0.676. The van der Waals surface area contributed by atoms with Crippen LogP contribution in [-0.2, 0) is 4.79 Å². The molecule has 0 aliphatic heterocycles. The first kappa shape index (κ1) is 17.7. The predicted octanol–water partition coefficient (Wildman–Crippen LogP) is 0.494. The number of hydrogen-bond acceptors (Lipinski definition) is 3. The molecule has 0 atom stereocenters. The summed E-state index contributed by atoms with van der Waals surface area (Å²) in [5.74, 6) is 0.0461. The smallest absolute Gasteiger partial charge is 0.315 e. The summed E-state index contributed by atoms with van der Waals surface area (Å²) in [7, 11) is 4.02. The van der Waals surface area contributed by atoms with Crippen LogP contribution in [0.2, 0.25) is 0 Å². The number of carbonyl (C=O) groups is 2. The van der Waals surface area contributed by atoms with E-state index in [0.717, 1.165) is 19.5 Å². The summed E-state index contributed by atoms with van der Waals surface area (Å²) in [5, 5.41) is 5.49. The van der Waals surface area contributed by atoms with Gasteiger partial charge in [0.2, 0.25) is 5.91 Å². The average molecular weight is 272 g/mol. The third kappa shape index (κ3) is 10.3. The maximum Gasteiger partial charge on any atom is 0.315 e. The normalized spacial score (nSPS) is 10.7. The number of amides is 3. The Morgan fingerprint density at radius 1 is 1.11 bits per heavy atom. The second-order valence-electron chi connectivity index (χ2n) is 5.22. The van der Waals surface area contributed by atoms with Crippen LogP contribution >= 0.6 is 0 Å². The molecular weight excluding hydrogens is 244 g/mol. The standard InChI is InChI=1S/C13H28N4O2/c1-11(2)15-13(19)14-7-10-17(12(3)18)9-6-8-16(4)5/h11H,6-10H2,1-5H3,(H2,14,15,19). The molecule has 0 aromatic carbocycles. The SMILES string of the molecule is CC(=O)N(CCCN(C)C)CCNC(=O)NC(C)C. The lowest BCUT2D eigenvalue weighted by Gasteiger charge is -2.22. The molecule has 0 aliphatic carbocycles. The Kier molecular flexibility index (Phi) is 8.95. The van der Waals surface area contributed by atoms with Crippen molar-refractivity contribution < 1.29 is 9.59 Å². The molecule has 0 fully saturated rings. The highest BCUT2D eigenvalue weighted by molar-refractivity contribution is 5.74. The largest absolute Gasteiger partial charge is 0.341 e. The van der Waals surface area contributed by atoms with Crippen LogP contribution in [0.4, 0.5) is 4.79 Å². The third-order valence-corrected chi connectivity index (χ3v) is 2.57. The van der Waals surface area contributed by atoms with Crippen molar-refractivity contribution in [3.05, 3.63) is 0 Å². The minimum absolute atomic E-state index is 0.0461. The van der Waals surface area contributed by atoms with Crippen LogP contribution in [-0.4, -0.2) is 68.1 Å². The number of carbonyl (C=O) groups excluding carboxylic acids is 2. The second-order valence-corrected chi connectivity index (χ2v) is 5.22. The maximum absolute atomic E-state index is 11.5. The van der Waals surface area contributed by atoms with Crippen LogP contribution in [0.5, 0.6) is 0 Å². The van der Waals surface area contributed by atoms with E-state index >= 15 is 0 Å². The molecule has 19 heavy (non-hydrogen) atoms. The van der Waals surface area contributed by atoms with E-state index in [1.54, 1.807) is 11.8 Å². The molecule has 2 N–H and O–H groups in total. The molecule has 0 heterocycles. The van der Waals surface area contributed by atoms with E-state index in [1.165, 1.54) is 0 Å². The molecule has 0 rings (SSSR count). The first-order valence-electron chi connectivity index (χ1n) is 6.77. The van der Waals surface area contributed by atoms with Crippen LogP contribution in [0, 0.1) is 0 Å². The molecule has 0 unspecified atom stereocenters. The summed E-state index contributed by atoms with van der Waals surface area (Å²) >= 11 is 0. The summed E-state index contributed by atoms with van der Waals surface area (Å²) in [4.78, 5) is 26.7. The van der Waals surface area contributed by atoms with Crippen molar-refractivity contribution in [3.8, 4) is 0 Å². The molecule has 0 aromatic heterocycles. The molecule has 3 amide bonds. The van der Waals surface area contributed by atoms with Gasteiger partial charge >= 0.3 is 6.03 Å². The fourth-order valence-corrected chi connectivity index (χ4v) is 1.62. The molecule has 0 radical (unpaired) electrons. The highest BCUT2D eigenvalue weighted by Crippen LogP contribution is 1.93. The summed E-state index contributed by atoms with van der Waals surface area (Å²) in [5.41, 5.74) is 0. The molecule has 6 nitrogen and oxygen atoms in total. The number of hydrogen-bond donors (Lipinski definition) is 2. The van der Waals surface area contributed by atoms with Crippen molar-refractivity contribution in [2.45, 2.75) is 33.2 Å². The van der Waals surface area contributed by atoms with Crippen molar-refractivity contribution in [3.63, 3.8) is 0 Å². The highest BCUT2D eigenvalue weighted by Gasteiger charge is 2.09. The summed E-state index contributed by atoms with van der Waals surface area (Å²) < 4.78 is 0. The molecule has 0 aromatic rings. The van der Waals surface area contributed by atoms with Gasteiger partial charge in [0.05, 0.1) is 0 Å². The van der Waals surface area contributed by atoms with Gasteiger partial charge in [-0.25, -0.2) is 4.79 Å². The minimum atomic E-state index is -0.188. The summed E-state index contributed by atoms with van der Waals surface area (Å²) in [6.07, 6.45) is 0.935. The van der Waals surface area contributed by atoms with Crippen LogP contribution in [0.1, 0.15) is 27.2 Å². The van der Waals surface area contributed by atoms with Gasteiger partial charge in [0, 0.05) is 32.6 Å². The lowest BCUT2D eigenvalue weighted by molar-refractivity contribution is -0.128. The Balaban J connectivity index is 3.88. The van der Waals surface area contributed by atoms with Gasteiger partial charge in [0.15, 0.2) is 0 Å². The van der Waals surface area contributed by atoms with Crippen LogP contribution in [0.25, 0.3) is 0 Å². The molecular formula is C13H28N4O2. The lowest BCUT2D eigenvalue weighted by Crippen LogP contribution is -2.44. The van der Waals surface area contributed by atoms with Crippen molar-refractivity contribution in [2.24, 2.45) is 0 Å². The van der Waals surface area contributed by atoms with Gasteiger partial charge < -0.3 is 20.4 Å². The monoisotopic (exact) mass is 272 g/mol. The van der Waals surface area contributed by atoms with Crippen molar-refractivity contribution >= 4 is 11.9 Å². The van der Waals surface area contributed by atoms with Crippen LogP contribution in [0.3, 0.4) is 0 Å². The third-order valence-electron chi connectivity index (χ3n) is 2.57. The first-order valence-corrected chi connectivity index (χ1v) is 6.77. The zero-order valence-corrected chi connectivity index (χ0v) is 12.8. The van der Waals surface area contributed by atoms with E-state index in [4.69, 9.17) is 0 Å². The second kappa shape index (κ2) is 9.61. The number of rotatable bonds is 8. The lowest BCUT2D eigenvalue weighted by atomic mass is 10.3. The van der Waals surface area contributed by atoms with Gasteiger partial charge in [-0.05, 0) is 40.9 Å². The Labute approximate surface area is 116 Å². The van der Waals surface area contributed by atoms with E-state index < -0.39 is 0 Å². The van der Waals surface area contributed by atoms with E-state index in [9.17, 15) is 9.59 Å². The number of nitrogens with one attached hydrogen (secondary N) is 2. The van der Waals surface area contributed by atoms with Gasteiger partial charge in [-0.15, -0.1) is 0 Å². The first-order chi connectivity index (χ1) is 8.82. The van der Waals surface area contributed by atoms with Gasteiger partial charge in [-0.3, -0.25) is 4.79 Å².